The molecule has 0 radical (unpaired) electrons. The van der Waals surface area contributed by atoms with Crippen molar-refractivity contribution in [1.29, 1.82) is 0 Å². The molecule has 2 aliphatic rings. The summed E-state index contributed by atoms with van der Waals surface area (Å²) in [5.41, 5.74) is 0. The Hall–Kier alpha value is -0.1000. The molecule has 0 unspecified atom stereocenters. The molecule has 0 heterocycles. The van der Waals surface area contributed by atoms with Crippen LogP contribution in [-0.2, 0) is 19.1 Å². The molecule has 0 aromatic carbocycles. The average Bonchev–Trinajstić information content (AvgIpc) is 2.77. The molecule has 2 bridgehead atoms. The van der Waals surface area contributed by atoms with Crippen molar-refractivity contribution < 1.29 is 19.1 Å². The SMILES string of the molecule is C=CCOC(=O)[C@H]1[C@H](C(=O)OCC=C)[C@]2(Cl)C(Cl)=C(Cl)[C@]1(Cl)C2(Cl)Cl. The maximum atomic E-state index is 12.6. The second-order valence-electron chi connectivity index (χ2n) is 5.42. The molecule has 0 aliphatic heterocycles. The Bertz CT molecular complexity index is 621. The van der Waals surface area contributed by atoms with E-state index in [9.17, 15) is 9.59 Å². The van der Waals surface area contributed by atoms with Gasteiger partial charge in [-0.3, -0.25) is 9.59 Å². The number of ether oxygens (including phenoxy) is 2. The summed E-state index contributed by atoms with van der Waals surface area (Å²) in [4.78, 5) is 21.2. The summed E-state index contributed by atoms with van der Waals surface area (Å²) in [7, 11) is 0. The quantitative estimate of drug-likeness (QED) is 0.326. The van der Waals surface area contributed by atoms with Gasteiger partial charge in [-0.05, 0) is 0 Å². The predicted octanol–water partition coefficient (Wildman–Crippen LogP) is 4.52. The van der Waals surface area contributed by atoms with Gasteiger partial charge in [-0.15, -0.1) is 23.2 Å². The molecule has 0 aromatic rings. The zero-order valence-electron chi connectivity index (χ0n) is 12.5. The molecule has 138 valence electrons. The number of halogens is 6. The minimum atomic E-state index is -2.08. The van der Waals surface area contributed by atoms with Crippen LogP contribution in [0.1, 0.15) is 0 Å². The van der Waals surface area contributed by atoms with Crippen LogP contribution >= 0.6 is 69.6 Å². The minimum Gasteiger partial charge on any atom is -0.461 e. The average molecular weight is 469 g/mol. The smallest absolute Gasteiger partial charge is 0.312 e. The number of carbonyl (C=O) groups is 2. The number of fused-ring (bicyclic) bond motifs is 2. The zero-order chi connectivity index (χ0) is 19.2. The van der Waals surface area contributed by atoms with Crippen LogP contribution in [0.3, 0.4) is 0 Å². The van der Waals surface area contributed by atoms with Gasteiger partial charge in [0.15, 0.2) is 4.33 Å². The molecule has 1 fully saturated rings. The number of alkyl halides is 4. The van der Waals surface area contributed by atoms with E-state index in [1.54, 1.807) is 0 Å². The van der Waals surface area contributed by atoms with Gasteiger partial charge in [0.2, 0.25) is 0 Å². The van der Waals surface area contributed by atoms with E-state index in [0.29, 0.717) is 0 Å². The Labute approximate surface area is 174 Å². The molecule has 0 amide bonds. The topological polar surface area (TPSA) is 52.6 Å². The number of carbonyl (C=O) groups excluding carboxylic acids is 2. The molecule has 0 spiro atoms. The summed E-state index contributed by atoms with van der Waals surface area (Å²) >= 11 is 38.3. The van der Waals surface area contributed by atoms with E-state index in [4.69, 9.17) is 79.1 Å². The Morgan fingerprint density at radius 2 is 1.20 bits per heavy atom. The zero-order valence-corrected chi connectivity index (χ0v) is 17.1. The van der Waals surface area contributed by atoms with Gasteiger partial charge in [0.05, 0.1) is 21.9 Å². The van der Waals surface area contributed by atoms with Crippen molar-refractivity contribution in [2.45, 2.75) is 14.1 Å². The lowest BCUT2D eigenvalue weighted by molar-refractivity contribution is -0.159. The van der Waals surface area contributed by atoms with Gasteiger partial charge >= 0.3 is 11.9 Å². The van der Waals surface area contributed by atoms with E-state index in [1.165, 1.54) is 12.2 Å². The lowest BCUT2D eigenvalue weighted by Gasteiger charge is -2.33. The molecule has 2 aliphatic carbocycles. The Morgan fingerprint density at radius 3 is 1.48 bits per heavy atom. The fraction of sp³-hybridized carbons (Fsp3) is 0.467. The molecule has 1 saturated carbocycles. The first kappa shape index (κ1) is 21.2. The number of esters is 2. The number of allylic oxidation sites excluding steroid dienone is 2. The van der Waals surface area contributed by atoms with E-state index in [1.807, 2.05) is 0 Å². The van der Waals surface area contributed by atoms with Crippen LogP contribution in [0.15, 0.2) is 35.4 Å². The van der Waals surface area contributed by atoms with Crippen molar-refractivity contribution in [1.82, 2.24) is 0 Å². The highest BCUT2D eigenvalue weighted by Gasteiger charge is 2.85. The summed E-state index contributed by atoms with van der Waals surface area (Å²) < 4.78 is 7.98. The van der Waals surface area contributed by atoms with Gasteiger partial charge in [-0.25, -0.2) is 0 Å². The Kier molecular flexibility index (Phi) is 6.05. The first-order valence-corrected chi connectivity index (χ1v) is 9.17. The van der Waals surface area contributed by atoms with Crippen LogP contribution in [0.2, 0.25) is 0 Å². The molecular weight excluding hydrogens is 457 g/mol. The monoisotopic (exact) mass is 466 g/mol. The molecule has 25 heavy (non-hydrogen) atoms. The summed E-state index contributed by atoms with van der Waals surface area (Å²) in [5, 5.41) is -0.437. The van der Waals surface area contributed by atoms with E-state index >= 15 is 0 Å². The number of rotatable bonds is 6. The summed E-state index contributed by atoms with van der Waals surface area (Å²) in [5.74, 6) is -4.61. The summed E-state index contributed by atoms with van der Waals surface area (Å²) in [6.45, 7) is 6.63. The van der Waals surface area contributed by atoms with Gasteiger partial charge in [0, 0.05) is 0 Å². The van der Waals surface area contributed by atoms with Crippen molar-refractivity contribution >= 4 is 81.5 Å². The largest absolute Gasteiger partial charge is 0.461 e. The number of hydrogen-bond acceptors (Lipinski definition) is 4. The van der Waals surface area contributed by atoms with Crippen LogP contribution in [0.4, 0.5) is 0 Å². The van der Waals surface area contributed by atoms with Crippen molar-refractivity contribution in [3.8, 4) is 0 Å². The van der Waals surface area contributed by atoms with E-state index in [-0.39, 0.29) is 23.3 Å². The summed E-state index contributed by atoms with van der Waals surface area (Å²) in [6.07, 6.45) is 2.68. The van der Waals surface area contributed by atoms with Crippen molar-refractivity contribution in [3.63, 3.8) is 0 Å². The van der Waals surface area contributed by atoms with Crippen LogP contribution in [-0.4, -0.2) is 39.2 Å². The van der Waals surface area contributed by atoms with Gasteiger partial charge in [0.1, 0.15) is 23.0 Å². The molecule has 10 heteroatoms. The minimum absolute atomic E-state index is 0.126. The van der Waals surface area contributed by atoms with E-state index < -0.39 is 37.9 Å². The first-order valence-electron chi connectivity index (χ1n) is 6.90. The molecule has 0 aromatic heterocycles. The number of hydrogen-bond donors (Lipinski definition) is 0. The normalized spacial score (nSPS) is 35.4. The third kappa shape index (κ3) is 2.64. The maximum absolute atomic E-state index is 12.6. The van der Waals surface area contributed by atoms with Crippen LogP contribution in [0.25, 0.3) is 0 Å². The van der Waals surface area contributed by atoms with Gasteiger partial charge in [0.25, 0.3) is 0 Å². The van der Waals surface area contributed by atoms with Gasteiger partial charge < -0.3 is 9.47 Å². The van der Waals surface area contributed by atoms with Crippen LogP contribution in [0.5, 0.6) is 0 Å². The highest BCUT2D eigenvalue weighted by Crippen LogP contribution is 2.76. The first-order chi connectivity index (χ1) is 11.5. The fourth-order valence-corrected chi connectivity index (χ4v) is 5.96. The third-order valence-electron chi connectivity index (χ3n) is 4.13. The second-order valence-corrected chi connectivity index (χ2v) is 8.69. The van der Waals surface area contributed by atoms with Crippen molar-refractivity contribution in [3.05, 3.63) is 35.4 Å². The molecular formula is C15H12Cl6O4. The van der Waals surface area contributed by atoms with E-state index in [0.717, 1.165) is 0 Å². The van der Waals surface area contributed by atoms with Crippen LogP contribution in [0, 0.1) is 11.8 Å². The lowest BCUT2D eigenvalue weighted by Crippen LogP contribution is -2.46. The Morgan fingerprint density at radius 1 is 0.880 bits per heavy atom. The highest BCUT2D eigenvalue weighted by molar-refractivity contribution is 6.66. The molecule has 2 rings (SSSR count). The fourth-order valence-electron chi connectivity index (χ4n) is 3.04. The standard InChI is InChI=1S/C15H12Cl6O4/c1-3-5-24-11(22)7-8(12(23)25-6-4-2)14(19)10(17)9(16)13(7,18)15(14,20)21/h3-4,7-8H,1-2,5-6H2/t7-,8-,13+,14+/m1/s1. The highest BCUT2D eigenvalue weighted by atomic mass is 35.5. The summed E-state index contributed by atoms with van der Waals surface area (Å²) in [6, 6.07) is 0. The van der Waals surface area contributed by atoms with E-state index in [2.05, 4.69) is 13.2 Å². The van der Waals surface area contributed by atoms with Gasteiger partial charge in [-0.1, -0.05) is 71.7 Å². The van der Waals surface area contributed by atoms with Crippen LogP contribution < -0.4 is 0 Å². The molecule has 0 N–H and O–H groups in total. The van der Waals surface area contributed by atoms with Crippen molar-refractivity contribution in [2.24, 2.45) is 11.8 Å². The molecule has 0 saturated heterocycles. The van der Waals surface area contributed by atoms with Crippen molar-refractivity contribution in [2.75, 3.05) is 13.2 Å². The molecule has 4 nitrogen and oxygen atoms in total. The second kappa shape index (κ2) is 7.14. The third-order valence-corrected chi connectivity index (χ3v) is 8.39. The maximum Gasteiger partial charge on any atom is 0.312 e. The lowest BCUT2D eigenvalue weighted by atomic mass is 9.82. The molecule has 4 atom stereocenters. The van der Waals surface area contributed by atoms with Gasteiger partial charge in [-0.2, -0.15) is 0 Å². The Balaban J connectivity index is 2.62. The predicted molar refractivity (Wildman–Crippen MR) is 99.6 cm³/mol.